The number of rotatable bonds is 2. The first-order chi connectivity index (χ1) is 4.43. The SMILES string of the molecule is CCO[C]1N=CC=CN1. The van der Waals surface area contributed by atoms with Crippen molar-refractivity contribution in [1.29, 1.82) is 0 Å². The van der Waals surface area contributed by atoms with Gasteiger partial charge in [0, 0.05) is 19.0 Å². The average Bonchev–Trinajstić information content (AvgIpc) is 1.91. The van der Waals surface area contributed by atoms with Crippen LogP contribution < -0.4 is 5.32 Å². The molecule has 0 fully saturated rings. The van der Waals surface area contributed by atoms with Crippen LogP contribution in [0.25, 0.3) is 0 Å². The molecule has 1 rings (SSSR count). The summed E-state index contributed by atoms with van der Waals surface area (Å²) < 4.78 is 5.04. The van der Waals surface area contributed by atoms with Gasteiger partial charge in [-0.3, -0.25) is 0 Å². The summed E-state index contributed by atoms with van der Waals surface area (Å²) in [5, 5.41) is 2.84. The maximum Gasteiger partial charge on any atom is 0.309 e. The van der Waals surface area contributed by atoms with Gasteiger partial charge in [0.1, 0.15) is 0 Å². The lowest BCUT2D eigenvalue weighted by Crippen LogP contribution is -2.18. The number of nitrogens with one attached hydrogen (secondary N) is 1. The molecular formula is C6H9N2O. The Labute approximate surface area is 54.4 Å². The van der Waals surface area contributed by atoms with Crippen LogP contribution in [0.4, 0.5) is 0 Å². The predicted octanol–water partition coefficient (Wildman–Crippen LogP) is 0.658. The first-order valence-electron chi connectivity index (χ1n) is 2.89. The van der Waals surface area contributed by atoms with Gasteiger partial charge in [0.05, 0.1) is 0 Å². The van der Waals surface area contributed by atoms with Gasteiger partial charge >= 0.3 is 6.35 Å². The smallest absolute Gasteiger partial charge is 0.309 e. The van der Waals surface area contributed by atoms with Gasteiger partial charge in [0.2, 0.25) is 0 Å². The van der Waals surface area contributed by atoms with Crippen LogP contribution in [0.1, 0.15) is 6.92 Å². The van der Waals surface area contributed by atoms with Crippen molar-refractivity contribution >= 4 is 6.21 Å². The fraction of sp³-hybridized carbons (Fsp3) is 0.333. The molecule has 1 heterocycles. The van der Waals surface area contributed by atoms with Crippen LogP contribution in [-0.2, 0) is 4.74 Å². The molecule has 1 radical (unpaired) electrons. The highest BCUT2D eigenvalue weighted by Crippen LogP contribution is 2.00. The number of hydrogen-bond acceptors (Lipinski definition) is 3. The summed E-state index contributed by atoms with van der Waals surface area (Å²) in [5.74, 6) is 0. The van der Waals surface area contributed by atoms with E-state index in [2.05, 4.69) is 10.3 Å². The van der Waals surface area contributed by atoms with Crippen LogP contribution in [0.3, 0.4) is 0 Å². The van der Waals surface area contributed by atoms with Crippen LogP contribution in [0.2, 0.25) is 0 Å². The Bertz CT molecular complexity index is 131. The van der Waals surface area contributed by atoms with Crippen LogP contribution in [0.15, 0.2) is 17.3 Å². The molecule has 0 atom stereocenters. The van der Waals surface area contributed by atoms with E-state index in [0.29, 0.717) is 13.0 Å². The van der Waals surface area contributed by atoms with Gasteiger partial charge in [-0.1, -0.05) is 0 Å². The van der Waals surface area contributed by atoms with Crippen LogP contribution in [0, 0.1) is 6.35 Å². The summed E-state index contributed by atoms with van der Waals surface area (Å²) >= 11 is 0. The lowest BCUT2D eigenvalue weighted by molar-refractivity contribution is 0.142. The van der Waals surface area contributed by atoms with Crippen LogP contribution >= 0.6 is 0 Å². The number of nitrogens with zero attached hydrogens (tertiary/aromatic N) is 1. The van der Waals surface area contributed by atoms with Gasteiger partial charge in [-0.2, -0.15) is 0 Å². The number of ether oxygens (including phenoxy) is 1. The van der Waals surface area contributed by atoms with Crippen molar-refractivity contribution in [3.63, 3.8) is 0 Å². The average molecular weight is 125 g/mol. The van der Waals surface area contributed by atoms with E-state index >= 15 is 0 Å². The quantitative estimate of drug-likeness (QED) is 0.588. The summed E-state index contributed by atoms with van der Waals surface area (Å²) in [6, 6.07) is 0. The number of hydrogen-bond donors (Lipinski definition) is 1. The molecule has 1 aliphatic rings. The molecule has 3 heteroatoms. The monoisotopic (exact) mass is 125 g/mol. The Morgan fingerprint density at radius 1 is 1.78 bits per heavy atom. The second kappa shape index (κ2) is 3.25. The summed E-state index contributed by atoms with van der Waals surface area (Å²) in [6.07, 6.45) is 5.84. The van der Waals surface area contributed by atoms with Gasteiger partial charge in [0.25, 0.3) is 0 Å². The second-order valence-corrected chi connectivity index (χ2v) is 1.52. The summed E-state index contributed by atoms with van der Waals surface area (Å²) in [4.78, 5) is 3.89. The zero-order chi connectivity index (χ0) is 6.53. The molecule has 0 aromatic rings. The molecule has 0 amide bonds. The Hall–Kier alpha value is -0.830. The third kappa shape index (κ3) is 1.85. The van der Waals surface area contributed by atoms with Crippen molar-refractivity contribution in [2.75, 3.05) is 6.61 Å². The van der Waals surface area contributed by atoms with E-state index in [9.17, 15) is 0 Å². The third-order valence-electron chi connectivity index (χ3n) is 0.862. The first kappa shape index (κ1) is 6.29. The number of allylic oxidation sites excluding steroid dienone is 1. The molecule has 3 nitrogen and oxygen atoms in total. The van der Waals surface area contributed by atoms with Crippen LogP contribution in [-0.4, -0.2) is 12.8 Å². The molecule has 0 saturated carbocycles. The Kier molecular flexibility index (Phi) is 2.27. The minimum absolute atomic E-state index is 0.569. The van der Waals surface area contributed by atoms with E-state index in [1.807, 2.05) is 13.0 Å². The van der Waals surface area contributed by atoms with Gasteiger partial charge in [0.15, 0.2) is 0 Å². The molecule has 1 N–H and O–H groups in total. The van der Waals surface area contributed by atoms with E-state index in [1.165, 1.54) is 0 Å². The Balaban J connectivity index is 2.28. The molecular weight excluding hydrogens is 116 g/mol. The third-order valence-corrected chi connectivity index (χ3v) is 0.862. The highest BCUT2D eigenvalue weighted by molar-refractivity contribution is 5.72. The summed E-state index contributed by atoms with van der Waals surface area (Å²) in [7, 11) is 0. The Morgan fingerprint density at radius 3 is 3.22 bits per heavy atom. The van der Waals surface area contributed by atoms with Crippen molar-refractivity contribution in [2.24, 2.45) is 4.99 Å². The fourth-order valence-electron chi connectivity index (χ4n) is 0.526. The van der Waals surface area contributed by atoms with E-state index in [1.54, 1.807) is 12.4 Å². The molecule has 0 bridgehead atoms. The van der Waals surface area contributed by atoms with Crippen molar-refractivity contribution in [2.45, 2.75) is 6.92 Å². The number of aliphatic imine (C=N–C) groups is 1. The van der Waals surface area contributed by atoms with Crippen molar-refractivity contribution < 1.29 is 4.74 Å². The maximum absolute atomic E-state index is 5.04. The second-order valence-electron chi connectivity index (χ2n) is 1.52. The minimum atomic E-state index is 0.569. The largest absolute Gasteiger partial charge is 0.339 e. The maximum atomic E-state index is 5.04. The molecule has 0 saturated heterocycles. The zero-order valence-electron chi connectivity index (χ0n) is 5.29. The minimum Gasteiger partial charge on any atom is -0.339 e. The predicted molar refractivity (Wildman–Crippen MR) is 35.6 cm³/mol. The first-order valence-corrected chi connectivity index (χ1v) is 2.89. The van der Waals surface area contributed by atoms with E-state index < -0.39 is 0 Å². The molecule has 0 aliphatic carbocycles. The normalized spacial score (nSPS) is 17.9. The topological polar surface area (TPSA) is 33.6 Å². The molecule has 0 aromatic heterocycles. The molecule has 49 valence electrons. The van der Waals surface area contributed by atoms with Gasteiger partial charge in [-0.25, -0.2) is 4.99 Å². The summed E-state index contributed by atoms with van der Waals surface area (Å²) in [6.45, 7) is 2.57. The fourth-order valence-corrected chi connectivity index (χ4v) is 0.526. The van der Waals surface area contributed by atoms with Gasteiger partial charge < -0.3 is 10.1 Å². The van der Waals surface area contributed by atoms with E-state index in [-0.39, 0.29) is 0 Å². The molecule has 9 heavy (non-hydrogen) atoms. The van der Waals surface area contributed by atoms with E-state index in [0.717, 1.165) is 0 Å². The van der Waals surface area contributed by atoms with Crippen LogP contribution in [0.5, 0.6) is 0 Å². The van der Waals surface area contributed by atoms with Gasteiger partial charge in [-0.05, 0) is 13.0 Å². The zero-order valence-corrected chi connectivity index (χ0v) is 5.29. The highest BCUT2D eigenvalue weighted by Gasteiger charge is 2.04. The van der Waals surface area contributed by atoms with E-state index in [4.69, 9.17) is 4.74 Å². The summed E-state index contributed by atoms with van der Waals surface area (Å²) in [5.41, 5.74) is 0. The molecule has 1 aliphatic heterocycles. The van der Waals surface area contributed by atoms with Crippen molar-refractivity contribution in [3.05, 3.63) is 18.6 Å². The van der Waals surface area contributed by atoms with Crippen molar-refractivity contribution in [3.8, 4) is 0 Å². The lowest BCUT2D eigenvalue weighted by atomic mass is 10.6. The standard InChI is InChI=1S/C6H9N2O/c1-2-9-6-7-4-3-5-8-6/h3-5,7H,2H2,1H3. The Morgan fingerprint density at radius 2 is 2.67 bits per heavy atom. The lowest BCUT2D eigenvalue weighted by Gasteiger charge is -2.10. The highest BCUT2D eigenvalue weighted by atomic mass is 16.5. The van der Waals surface area contributed by atoms with Crippen molar-refractivity contribution in [1.82, 2.24) is 5.32 Å². The molecule has 0 aromatic carbocycles. The van der Waals surface area contributed by atoms with Gasteiger partial charge in [-0.15, -0.1) is 0 Å². The molecule has 0 spiro atoms. The molecule has 0 unspecified atom stereocenters.